The second kappa shape index (κ2) is 11.6. The van der Waals surface area contributed by atoms with E-state index >= 15 is 0 Å². The minimum Gasteiger partial charge on any atom is -0.455 e. The number of benzene rings is 5. The third-order valence-corrected chi connectivity index (χ3v) is 9.91. The van der Waals surface area contributed by atoms with E-state index in [0.717, 1.165) is 75.6 Å². The van der Waals surface area contributed by atoms with Crippen LogP contribution in [0.1, 0.15) is 95.6 Å². The first-order valence-corrected chi connectivity index (χ1v) is 17.0. The van der Waals surface area contributed by atoms with Gasteiger partial charge in [0.15, 0.2) is 0 Å². The van der Waals surface area contributed by atoms with E-state index in [1.54, 1.807) is 0 Å². The molecule has 46 heavy (non-hydrogen) atoms. The van der Waals surface area contributed by atoms with Gasteiger partial charge < -0.3 is 4.42 Å². The van der Waals surface area contributed by atoms with Gasteiger partial charge >= 0.3 is 0 Å². The largest absolute Gasteiger partial charge is 0.455 e. The number of hydrogen-bond donors (Lipinski definition) is 0. The van der Waals surface area contributed by atoms with Gasteiger partial charge in [-0.1, -0.05) is 114 Å². The summed E-state index contributed by atoms with van der Waals surface area (Å²) in [5, 5.41) is 2.17. The normalized spacial score (nSPS) is 15.4. The molecule has 230 valence electrons. The molecule has 0 amide bonds. The SMILES string of the molecule is [2H]C1(c2ccc3c(c2)oc2c(-c4nc5ccccc5n4-c4c(C(C)C)cc(-c5ccccc5)cc4C(C)C)cccc23)CCCCC1. The topological polar surface area (TPSA) is 31.0 Å². The molecule has 0 N–H and O–H groups in total. The van der Waals surface area contributed by atoms with Gasteiger partial charge in [0.05, 0.1) is 22.3 Å². The summed E-state index contributed by atoms with van der Waals surface area (Å²) in [5.74, 6) is 0.931. The van der Waals surface area contributed by atoms with Gasteiger partial charge in [-0.05, 0) is 94.8 Å². The zero-order chi connectivity index (χ0) is 32.3. The highest BCUT2D eigenvalue weighted by Gasteiger charge is 2.26. The van der Waals surface area contributed by atoms with E-state index < -0.39 is 5.89 Å². The molecule has 8 rings (SSSR count). The molecular weight excluding hydrogens is 560 g/mol. The van der Waals surface area contributed by atoms with Crippen molar-refractivity contribution in [3.05, 3.63) is 120 Å². The van der Waals surface area contributed by atoms with Crippen LogP contribution in [0.15, 0.2) is 108 Å². The Morgan fingerprint density at radius 2 is 1.43 bits per heavy atom. The zero-order valence-electron chi connectivity index (χ0n) is 28.3. The highest BCUT2D eigenvalue weighted by molar-refractivity contribution is 6.09. The molecule has 0 saturated heterocycles. The molecule has 3 heteroatoms. The summed E-state index contributed by atoms with van der Waals surface area (Å²) in [6.07, 6.45) is 5.28. The monoisotopic (exact) mass is 603 g/mol. The van der Waals surface area contributed by atoms with Crippen LogP contribution in [0, 0.1) is 0 Å². The molecule has 0 bridgehead atoms. The Morgan fingerprint density at radius 3 is 2.17 bits per heavy atom. The fourth-order valence-electron chi connectivity index (χ4n) is 7.51. The van der Waals surface area contributed by atoms with Crippen LogP contribution in [0.5, 0.6) is 0 Å². The summed E-state index contributed by atoms with van der Waals surface area (Å²) in [5.41, 5.74) is 12.1. The van der Waals surface area contributed by atoms with Gasteiger partial charge in [0.2, 0.25) is 0 Å². The number of nitrogens with zero attached hydrogens (tertiary/aromatic N) is 2. The Hall–Kier alpha value is -4.63. The first-order chi connectivity index (χ1) is 22.8. The molecule has 0 spiro atoms. The lowest BCUT2D eigenvalue weighted by Crippen LogP contribution is -2.09. The number of hydrogen-bond acceptors (Lipinski definition) is 2. The van der Waals surface area contributed by atoms with Crippen LogP contribution in [0.3, 0.4) is 0 Å². The Morgan fingerprint density at radius 1 is 0.717 bits per heavy atom. The summed E-state index contributed by atoms with van der Waals surface area (Å²) in [6.45, 7) is 9.16. The van der Waals surface area contributed by atoms with Crippen molar-refractivity contribution in [1.82, 2.24) is 9.55 Å². The highest BCUT2D eigenvalue weighted by atomic mass is 16.3. The molecule has 3 nitrogen and oxygen atoms in total. The van der Waals surface area contributed by atoms with Crippen molar-refractivity contribution >= 4 is 33.0 Å². The van der Waals surface area contributed by atoms with Crippen molar-refractivity contribution in [2.45, 2.75) is 77.5 Å². The van der Waals surface area contributed by atoms with E-state index in [9.17, 15) is 1.37 Å². The maximum Gasteiger partial charge on any atom is 0.149 e. The molecule has 5 aromatic carbocycles. The number of aromatic nitrogens is 2. The lowest BCUT2D eigenvalue weighted by molar-refractivity contribution is 0.443. The Bertz CT molecular complexity index is 2220. The van der Waals surface area contributed by atoms with Crippen LogP contribution in [-0.4, -0.2) is 9.55 Å². The van der Waals surface area contributed by atoms with Gasteiger partial charge in [0.1, 0.15) is 17.0 Å². The lowest BCUT2D eigenvalue weighted by Gasteiger charge is -2.24. The number of rotatable bonds is 6. The smallest absolute Gasteiger partial charge is 0.149 e. The first-order valence-electron chi connectivity index (χ1n) is 17.5. The van der Waals surface area contributed by atoms with Gasteiger partial charge in [-0.25, -0.2) is 4.98 Å². The minimum atomic E-state index is -0.533. The second-order valence-corrected chi connectivity index (χ2v) is 13.6. The average Bonchev–Trinajstić information content (AvgIpc) is 3.66. The van der Waals surface area contributed by atoms with Gasteiger partial charge in [-0.2, -0.15) is 0 Å². The number of imidazole rings is 1. The van der Waals surface area contributed by atoms with Gasteiger partial charge in [0.25, 0.3) is 0 Å². The Balaban J connectivity index is 1.39. The van der Waals surface area contributed by atoms with Crippen LogP contribution < -0.4 is 0 Å². The zero-order valence-corrected chi connectivity index (χ0v) is 27.3. The van der Waals surface area contributed by atoms with E-state index in [4.69, 9.17) is 9.40 Å². The van der Waals surface area contributed by atoms with Crippen molar-refractivity contribution in [3.8, 4) is 28.2 Å². The number of fused-ring (bicyclic) bond motifs is 4. The van der Waals surface area contributed by atoms with E-state index in [0.29, 0.717) is 0 Å². The molecule has 0 radical (unpaired) electrons. The number of furan rings is 1. The maximum atomic E-state index is 9.26. The predicted molar refractivity (Wildman–Crippen MR) is 193 cm³/mol. The molecule has 1 aliphatic rings. The third-order valence-electron chi connectivity index (χ3n) is 9.91. The lowest BCUT2D eigenvalue weighted by atomic mass is 9.84. The van der Waals surface area contributed by atoms with Crippen LogP contribution in [0.25, 0.3) is 61.2 Å². The van der Waals surface area contributed by atoms with Crippen LogP contribution >= 0.6 is 0 Å². The standard InChI is InChI=1S/C43H42N2O/c1-27(2)36-24-32(30-16-9-6-10-17-30)25-37(28(3)4)41(36)45-39-21-12-11-20-38(39)44-43(45)35-19-13-18-34-33-23-22-31(26-40(33)46-42(34)35)29-14-7-5-8-15-29/h6,9-13,16-29H,5,7-8,14-15H2,1-4H3/i29D. The van der Waals surface area contributed by atoms with Gasteiger partial charge in [-0.3, -0.25) is 4.57 Å². The van der Waals surface area contributed by atoms with E-state index in [2.05, 4.69) is 135 Å². The molecule has 0 atom stereocenters. The van der Waals surface area contributed by atoms with E-state index in [-0.39, 0.29) is 11.8 Å². The minimum absolute atomic E-state index is 0.289. The molecule has 0 unspecified atom stereocenters. The fourth-order valence-corrected chi connectivity index (χ4v) is 7.51. The van der Waals surface area contributed by atoms with Crippen molar-refractivity contribution in [2.75, 3.05) is 0 Å². The summed E-state index contributed by atoms with van der Waals surface area (Å²) in [7, 11) is 0. The predicted octanol–water partition coefficient (Wildman–Crippen LogP) is 12.6. The van der Waals surface area contributed by atoms with Crippen molar-refractivity contribution in [3.63, 3.8) is 0 Å². The summed E-state index contributed by atoms with van der Waals surface area (Å²) >= 11 is 0. The van der Waals surface area contributed by atoms with Gasteiger partial charge in [0, 0.05) is 12.1 Å². The van der Waals surface area contributed by atoms with Crippen molar-refractivity contribution < 1.29 is 5.79 Å². The van der Waals surface area contributed by atoms with E-state index in [1.807, 2.05) is 0 Å². The summed E-state index contributed by atoms with van der Waals surface area (Å²) < 4.78 is 18.4. The van der Waals surface area contributed by atoms with Crippen LogP contribution in [-0.2, 0) is 0 Å². The van der Waals surface area contributed by atoms with Crippen LogP contribution in [0.2, 0.25) is 0 Å². The van der Waals surface area contributed by atoms with Crippen molar-refractivity contribution in [2.24, 2.45) is 0 Å². The molecular formula is C43H42N2O. The second-order valence-electron chi connectivity index (χ2n) is 13.6. The molecule has 2 aromatic heterocycles. The molecule has 1 saturated carbocycles. The highest BCUT2D eigenvalue weighted by Crippen LogP contribution is 2.43. The summed E-state index contributed by atoms with van der Waals surface area (Å²) in [6, 6.07) is 36.9. The van der Waals surface area contributed by atoms with Crippen LogP contribution in [0.4, 0.5) is 0 Å². The molecule has 2 heterocycles. The van der Waals surface area contributed by atoms with E-state index in [1.165, 1.54) is 34.4 Å². The molecule has 0 aliphatic heterocycles. The Labute approximate surface area is 273 Å². The fraction of sp³-hybridized carbons (Fsp3) is 0.279. The summed E-state index contributed by atoms with van der Waals surface area (Å²) in [4.78, 5) is 5.34. The quantitative estimate of drug-likeness (QED) is 0.189. The third kappa shape index (κ3) is 4.85. The first kappa shape index (κ1) is 27.7. The molecule has 1 aliphatic carbocycles. The van der Waals surface area contributed by atoms with Crippen molar-refractivity contribution in [1.29, 1.82) is 0 Å². The number of para-hydroxylation sites is 3. The molecule has 7 aromatic rings. The average molecular weight is 604 g/mol. The Kier molecular flexibility index (Phi) is 6.99. The molecule has 1 fully saturated rings. The maximum absolute atomic E-state index is 9.26. The van der Waals surface area contributed by atoms with Gasteiger partial charge in [-0.15, -0.1) is 0 Å².